The Kier molecular flexibility index (Phi) is 4.59. The molecular weight excluding hydrogens is 396 g/mol. The lowest BCUT2D eigenvalue weighted by Crippen LogP contribution is -2.18. The molecule has 3 aromatic rings. The maximum Gasteiger partial charge on any atom is 0.434 e. The lowest BCUT2D eigenvalue weighted by atomic mass is 10.2. The Morgan fingerprint density at radius 3 is 2.50 bits per heavy atom. The van der Waals surface area contributed by atoms with Crippen LogP contribution in [0.3, 0.4) is 0 Å². The lowest BCUT2D eigenvalue weighted by molar-refractivity contribution is -0.143. The summed E-state index contributed by atoms with van der Waals surface area (Å²) in [6.45, 7) is 0. The number of carboxylic acid groups (broad SMARTS) is 1. The highest BCUT2D eigenvalue weighted by atomic mass is 35.5. The van der Waals surface area contributed by atoms with Crippen molar-refractivity contribution in [1.82, 2.24) is 19.7 Å². The van der Waals surface area contributed by atoms with Crippen molar-refractivity contribution in [2.24, 2.45) is 0 Å². The van der Waals surface area contributed by atoms with Crippen molar-refractivity contribution in [2.75, 3.05) is 0 Å². The molecule has 0 aliphatic carbocycles. The quantitative estimate of drug-likeness (QED) is 0.703. The molecule has 2 aromatic heterocycles. The molecule has 0 saturated heterocycles. The molecule has 11 heteroatoms. The molecule has 0 bridgehead atoms. The zero-order chi connectivity index (χ0) is 19.1. The first kappa shape index (κ1) is 18.2. The fourth-order valence-corrected chi connectivity index (χ4v) is 2.49. The molecule has 0 radical (unpaired) electrons. The molecule has 2 heterocycles. The maximum absolute atomic E-state index is 13.3. The summed E-state index contributed by atoms with van der Waals surface area (Å²) < 4.78 is 40.3. The number of benzene rings is 1. The molecule has 0 aliphatic rings. The van der Waals surface area contributed by atoms with E-state index in [1.165, 1.54) is 24.4 Å². The van der Waals surface area contributed by atoms with Crippen LogP contribution < -0.4 is 0 Å². The number of rotatable bonds is 3. The van der Waals surface area contributed by atoms with Crippen molar-refractivity contribution in [3.63, 3.8) is 0 Å². The van der Waals surface area contributed by atoms with Gasteiger partial charge in [-0.05, 0) is 18.2 Å². The highest BCUT2D eigenvalue weighted by Crippen LogP contribution is 2.33. The number of aromatic carboxylic acids is 1. The standard InChI is InChI=1S/C15H7Cl2F3N4O2/c16-9-2-1-7(5-10(9)17)13-21-4-3-11(23-13)24-12(15(18,19)20)8(6-22-24)14(25)26/h1-6H,(H,25,26). The van der Waals surface area contributed by atoms with Gasteiger partial charge in [0.05, 0.1) is 16.2 Å². The van der Waals surface area contributed by atoms with Crippen molar-refractivity contribution in [3.8, 4) is 17.2 Å². The Morgan fingerprint density at radius 2 is 1.88 bits per heavy atom. The first-order valence-corrected chi connectivity index (χ1v) is 7.61. The van der Waals surface area contributed by atoms with Crippen LogP contribution in [0.2, 0.25) is 10.0 Å². The third kappa shape index (κ3) is 3.35. The van der Waals surface area contributed by atoms with Gasteiger partial charge < -0.3 is 5.11 Å². The minimum Gasteiger partial charge on any atom is -0.478 e. The molecule has 0 spiro atoms. The van der Waals surface area contributed by atoms with Crippen molar-refractivity contribution in [2.45, 2.75) is 6.18 Å². The van der Waals surface area contributed by atoms with Crippen LogP contribution >= 0.6 is 23.2 Å². The van der Waals surface area contributed by atoms with Crippen LogP contribution in [-0.2, 0) is 6.18 Å². The van der Waals surface area contributed by atoms with E-state index in [1.54, 1.807) is 6.07 Å². The van der Waals surface area contributed by atoms with Gasteiger partial charge in [0.1, 0.15) is 5.56 Å². The number of carbonyl (C=O) groups is 1. The molecule has 26 heavy (non-hydrogen) atoms. The normalized spacial score (nSPS) is 11.6. The first-order valence-electron chi connectivity index (χ1n) is 6.86. The summed E-state index contributed by atoms with van der Waals surface area (Å²) in [6, 6.07) is 5.67. The summed E-state index contributed by atoms with van der Waals surface area (Å²) in [6.07, 6.45) is -3.10. The molecule has 0 atom stereocenters. The number of aromatic nitrogens is 4. The lowest BCUT2D eigenvalue weighted by Gasteiger charge is -2.11. The topological polar surface area (TPSA) is 80.9 Å². The fourth-order valence-electron chi connectivity index (χ4n) is 2.19. The Hall–Kier alpha value is -2.65. The van der Waals surface area contributed by atoms with Crippen LogP contribution in [-0.4, -0.2) is 30.8 Å². The van der Waals surface area contributed by atoms with Gasteiger partial charge >= 0.3 is 12.1 Å². The summed E-state index contributed by atoms with van der Waals surface area (Å²) in [5.41, 5.74) is -2.00. The summed E-state index contributed by atoms with van der Waals surface area (Å²) in [7, 11) is 0. The van der Waals surface area contributed by atoms with Gasteiger partial charge in [0.25, 0.3) is 0 Å². The van der Waals surface area contributed by atoms with Gasteiger partial charge in [-0.3, -0.25) is 0 Å². The molecule has 0 unspecified atom stereocenters. The zero-order valence-electron chi connectivity index (χ0n) is 12.5. The van der Waals surface area contributed by atoms with Gasteiger partial charge in [-0.15, -0.1) is 0 Å². The van der Waals surface area contributed by atoms with Gasteiger partial charge in [0, 0.05) is 17.8 Å². The molecule has 6 nitrogen and oxygen atoms in total. The molecule has 134 valence electrons. The van der Waals surface area contributed by atoms with Crippen molar-refractivity contribution < 1.29 is 23.1 Å². The zero-order valence-corrected chi connectivity index (χ0v) is 14.0. The van der Waals surface area contributed by atoms with Crippen molar-refractivity contribution in [1.29, 1.82) is 0 Å². The van der Waals surface area contributed by atoms with Gasteiger partial charge in [0.15, 0.2) is 17.3 Å². The second-order valence-corrected chi connectivity index (χ2v) is 5.80. The molecule has 0 amide bonds. The molecule has 1 N–H and O–H groups in total. The average Bonchev–Trinajstić information content (AvgIpc) is 3.03. The van der Waals surface area contributed by atoms with E-state index in [9.17, 15) is 18.0 Å². The van der Waals surface area contributed by atoms with E-state index in [2.05, 4.69) is 15.1 Å². The Bertz CT molecular complexity index is 1000. The average molecular weight is 403 g/mol. The highest BCUT2D eigenvalue weighted by molar-refractivity contribution is 6.42. The van der Waals surface area contributed by atoms with E-state index >= 15 is 0 Å². The third-order valence-corrected chi connectivity index (χ3v) is 4.04. The van der Waals surface area contributed by atoms with Crippen LogP contribution in [0.5, 0.6) is 0 Å². The molecule has 3 rings (SSSR count). The molecule has 1 aromatic carbocycles. The van der Waals surface area contributed by atoms with Crippen LogP contribution in [0.1, 0.15) is 16.1 Å². The van der Waals surface area contributed by atoms with E-state index in [4.69, 9.17) is 28.3 Å². The minimum absolute atomic E-state index is 0.0709. The van der Waals surface area contributed by atoms with E-state index in [0.29, 0.717) is 21.5 Å². The van der Waals surface area contributed by atoms with Crippen LogP contribution in [0.15, 0.2) is 36.7 Å². The van der Waals surface area contributed by atoms with Crippen molar-refractivity contribution in [3.05, 3.63) is 58.0 Å². The summed E-state index contributed by atoms with van der Waals surface area (Å²) in [5, 5.41) is 13.0. The molecular formula is C15H7Cl2F3N4O2. The number of alkyl halides is 3. The number of hydrogen-bond acceptors (Lipinski definition) is 4. The Balaban J connectivity index is 2.15. The van der Waals surface area contributed by atoms with E-state index in [-0.39, 0.29) is 16.7 Å². The number of carboxylic acids is 1. The van der Waals surface area contributed by atoms with Crippen LogP contribution in [0.4, 0.5) is 13.2 Å². The smallest absolute Gasteiger partial charge is 0.434 e. The predicted octanol–water partition coefficient (Wildman–Crippen LogP) is 4.35. The summed E-state index contributed by atoms with van der Waals surface area (Å²) in [5.74, 6) is -1.93. The second kappa shape index (κ2) is 6.58. The predicted molar refractivity (Wildman–Crippen MR) is 86.6 cm³/mol. The highest BCUT2D eigenvalue weighted by Gasteiger charge is 2.41. The minimum atomic E-state index is -4.95. The maximum atomic E-state index is 13.3. The van der Waals surface area contributed by atoms with Crippen LogP contribution in [0, 0.1) is 0 Å². The van der Waals surface area contributed by atoms with E-state index in [0.717, 1.165) is 0 Å². The SMILES string of the molecule is O=C(O)c1cnn(-c2ccnc(-c3ccc(Cl)c(Cl)c3)n2)c1C(F)(F)F. The third-order valence-electron chi connectivity index (χ3n) is 3.30. The molecule has 0 saturated carbocycles. The van der Waals surface area contributed by atoms with Gasteiger partial charge in [-0.2, -0.15) is 18.3 Å². The summed E-state index contributed by atoms with van der Waals surface area (Å²) >= 11 is 11.8. The fraction of sp³-hybridized carbons (Fsp3) is 0.0667. The molecule has 0 fully saturated rings. The van der Waals surface area contributed by atoms with Crippen LogP contribution in [0.25, 0.3) is 17.2 Å². The van der Waals surface area contributed by atoms with Crippen molar-refractivity contribution >= 4 is 29.2 Å². The monoisotopic (exact) mass is 402 g/mol. The largest absolute Gasteiger partial charge is 0.478 e. The van der Waals surface area contributed by atoms with E-state index < -0.39 is 23.4 Å². The number of hydrogen-bond donors (Lipinski definition) is 1. The second-order valence-electron chi connectivity index (χ2n) is 4.99. The number of nitrogens with zero attached hydrogens (tertiary/aromatic N) is 4. The Labute approximate surface area is 153 Å². The first-order chi connectivity index (χ1) is 12.2. The summed E-state index contributed by atoms with van der Waals surface area (Å²) in [4.78, 5) is 19.1. The van der Waals surface area contributed by atoms with Gasteiger partial charge in [-0.25, -0.2) is 19.4 Å². The van der Waals surface area contributed by atoms with Gasteiger partial charge in [0.2, 0.25) is 0 Å². The number of halogens is 5. The van der Waals surface area contributed by atoms with Gasteiger partial charge in [-0.1, -0.05) is 23.2 Å². The Morgan fingerprint density at radius 1 is 1.15 bits per heavy atom. The van der Waals surface area contributed by atoms with E-state index in [1.807, 2.05) is 0 Å². The molecule has 0 aliphatic heterocycles.